The molecule has 0 saturated carbocycles. The van der Waals surface area contributed by atoms with Crippen LogP contribution in [0.4, 0.5) is 0 Å². The van der Waals surface area contributed by atoms with Crippen LogP contribution in [0.3, 0.4) is 0 Å². The number of carbonyl (C=O) groups is 1. The van der Waals surface area contributed by atoms with E-state index in [4.69, 9.17) is 0 Å². The molecule has 1 aliphatic rings. The van der Waals surface area contributed by atoms with E-state index in [-0.39, 0.29) is 5.41 Å². The van der Waals surface area contributed by atoms with Crippen molar-refractivity contribution in [3.63, 3.8) is 0 Å². The lowest BCUT2D eigenvalue weighted by Crippen LogP contribution is -2.18. The number of carbonyl (C=O) groups excluding carboxylic acids is 1. The van der Waals surface area contributed by atoms with E-state index in [1.165, 1.54) is 30.4 Å². The molecule has 19 heavy (non-hydrogen) atoms. The Hall–Kier alpha value is -1.63. The Bertz CT molecular complexity index is 532. The number of allylic oxidation sites excluding steroid dienone is 3. The second-order valence-corrected chi connectivity index (χ2v) is 6.01. The molecule has 0 spiro atoms. The fourth-order valence-corrected chi connectivity index (χ4v) is 2.95. The maximum atomic E-state index is 11.0. The van der Waals surface area contributed by atoms with E-state index in [2.05, 4.69) is 32.9 Å². The minimum atomic E-state index is 0.245. The third kappa shape index (κ3) is 3.04. The van der Waals surface area contributed by atoms with Gasteiger partial charge in [0.2, 0.25) is 0 Å². The van der Waals surface area contributed by atoms with Crippen LogP contribution in [0.2, 0.25) is 0 Å². The zero-order chi connectivity index (χ0) is 13.9. The summed E-state index contributed by atoms with van der Waals surface area (Å²) in [6.07, 6.45) is 8.91. The van der Waals surface area contributed by atoms with Gasteiger partial charge in [-0.05, 0) is 42.7 Å². The predicted octanol–water partition coefficient (Wildman–Crippen LogP) is 5.04. The lowest BCUT2D eigenvalue weighted by atomic mass is 9.72. The molecule has 0 unspecified atom stereocenters. The van der Waals surface area contributed by atoms with Gasteiger partial charge in [0.15, 0.2) is 6.29 Å². The van der Waals surface area contributed by atoms with E-state index in [0.717, 1.165) is 17.4 Å². The van der Waals surface area contributed by atoms with Crippen LogP contribution >= 0.6 is 0 Å². The summed E-state index contributed by atoms with van der Waals surface area (Å²) in [7, 11) is 0. The molecule has 1 heteroatoms. The summed E-state index contributed by atoms with van der Waals surface area (Å²) < 4.78 is 0. The molecule has 0 fully saturated rings. The smallest absolute Gasteiger partial charge is 0.150 e. The van der Waals surface area contributed by atoms with Crippen LogP contribution in [-0.4, -0.2) is 6.29 Å². The maximum Gasteiger partial charge on any atom is 0.150 e. The molecule has 0 bridgehead atoms. The molecule has 0 atom stereocenters. The van der Waals surface area contributed by atoms with Gasteiger partial charge in [0.1, 0.15) is 0 Å². The van der Waals surface area contributed by atoms with Crippen LogP contribution in [0.5, 0.6) is 0 Å². The molecule has 100 valence electrons. The molecular weight excluding hydrogens is 232 g/mol. The standard InChI is InChI=1S/C18H22O/c1-14-7-6-12-18(2,3)17(14)11-10-15-8-4-5-9-16(15)13-19/h4-5,8-11,13H,6-7,12H2,1-3H3. The Morgan fingerprint density at radius 3 is 2.42 bits per heavy atom. The monoisotopic (exact) mass is 254 g/mol. The Morgan fingerprint density at radius 2 is 1.79 bits per heavy atom. The van der Waals surface area contributed by atoms with Crippen LogP contribution in [0.15, 0.2) is 41.5 Å². The Kier molecular flexibility index (Phi) is 4.04. The van der Waals surface area contributed by atoms with Crippen molar-refractivity contribution in [2.24, 2.45) is 5.41 Å². The van der Waals surface area contributed by atoms with E-state index in [1.807, 2.05) is 24.3 Å². The molecule has 0 amide bonds. The van der Waals surface area contributed by atoms with Gasteiger partial charge in [-0.15, -0.1) is 0 Å². The van der Waals surface area contributed by atoms with E-state index in [0.29, 0.717) is 0 Å². The summed E-state index contributed by atoms with van der Waals surface area (Å²) >= 11 is 0. The number of rotatable bonds is 3. The Morgan fingerprint density at radius 1 is 1.11 bits per heavy atom. The highest BCUT2D eigenvalue weighted by atomic mass is 16.1. The predicted molar refractivity (Wildman–Crippen MR) is 81.2 cm³/mol. The summed E-state index contributed by atoms with van der Waals surface area (Å²) in [6.45, 7) is 6.84. The quantitative estimate of drug-likeness (QED) is 0.691. The topological polar surface area (TPSA) is 17.1 Å². The lowest BCUT2D eigenvalue weighted by Gasteiger charge is -2.32. The fourth-order valence-electron chi connectivity index (χ4n) is 2.95. The number of benzene rings is 1. The fraction of sp³-hybridized carbons (Fsp3) is 0.389. The van der Waals surface area contributed by atoms with Crippen molar-refractivity contribution in [2.75, 3.05) is 0 Å². The van der Waals surface area contributed by atoms with Crippen molar-refractivity contribution < 1.29 is 4.79 Å². The van der Waals surface area contributed by atoms with Gasteiger partial charge in [-0.25, -0.2) is 0 Å². The van der Waals surface area contributed by atoms with Gasteiger partial charge < -0.3 is 0 Å². The normalized spacial score (nSPS) is 18.9. The summed E-state index contributed by atoms with van der Waals surface area (Å²) in [4.78, 5) is 11.0. The SMILES string of the molecule is CC1=C(C=Cc2ccccc2C=O)C(C)(C)CCC1. The largest absolute Gasteiger partial charge is 0.298 e. The van der Waals surface area contributed by atoms with Crippen LogP contribution < -0.4 is 0 Å². The molecule has 1 aromatic carbocycles. The van der Waals surface area contributed by atoms with Gasteiger partial charge in [0, 0.05) is 5.56 Å². The highest BCUT2D eigenvalue weighted by Gasteiger charge is 2.26. The van der Waals surface area contributed by atoms with Crippen molar-refractivity contribution in [1.82, 2.24) is 0 Å². The summed E-state index contributed by atoms with van der Waals surface area (Å²) in [5.41, 5.74) is 4.91. The molecule has 0 radical (unpaired) electrons. The molecular formula is C18H22O. The van der Waals surface area contributed by atoms with E-state index in [1.54, 1.807) is 0 Å². The molecule has 0 heterocycles. The first-order chi connectivity index (χ1) is 9.04. The van der Waals surface area contributed by atoms with Crippen LogP contribution in [0, 0.1) is 5.41 Å². The van der Waals surface area contributed by atoms with E-state index < -0.39 is 0 Å². The number of hydrogen-bond acceptors (Lipinski definition) is 1. The van der Waals surface area contributed by atoms with E-state index >= 15 is 0 Å². The second-order valence-electron chi connectivity index (χ2n) is 6.01. The first-order valence-corrected chi connectivity index (χ1v) is 6.97. The van der Waals surface area contributed by atoms with Gasteiger partial charge >= 0.3 is 0 Å². The molecule has 1 aromatic rings. The molecule has 1 nitrogen and oxygen atoms in total. The third-order valence-electron chi connectivity index (χ3n) is 4.10. The molecule has 2 rings (SSSR count). The molecule has 1 aliphatic carbocycles. The summed E-state index contributed by atoms with van der Waals surface area (Å²) in [6, 6.07) is 7.72. The number of aldehydes is 1. The van der Waals surface area contributed by atoms with Crippen LogP contribution in [0.1, 0.15) is 56.0 Å². The molecule has 0 saturated heterocycles. The Labute approximate surface area is 116 Å². The third-order valence-corrected chi connectivity index (χ3v) is 4.10. The van der Waals surface area contributed by atoms with Crippen molar-refractivity contribution in [1.29, 1.82) is 0 Å². The second kappa shape index (κ2) is 5.56. The highest BCUT2D eigenvalue weighted by Crippen LogP contribution is 2.40. The summed E-state index contributed by atoms with van der Waals surface area (Å²) in [5, 5.41) is 0. The Balaban J connectivity index is 2.34. The first-order valence-electron chi connectivity index (χ1n) is 6.97. The van der Waals surface area contributed by atoms with Gasteiger partial charge in [-0.1, -0.05) is 55.8 Å². The number of hydrogen-bond donors (Lipinski definition) is 0. The van der Waals surface area contributed by atoms with Crippen LogP contribution in [-0.2, 0) is 0 Å². The average Bonchev–Trinajstić information content (AvgIpc) is 2.38. The molecule has 0 aliphatic heterocycles. The van der Waals surface area contributed by atoms with Crippen molar-refractivity contribution >= 4 is 12.4 Å². The van der Waals surface area contributed by atoms with Gasteiger partial charge in [-0.2, -0.15) is 0 Å². The molecule has 0 aromatic heterocycles. The zero-order valence-corrected chi connectivity index (χ0v) is 12.1. The highest BCUT2D eigenvalue weighted by molar-refractivity contribution is 5.82. The van der Waals surface area contributed by atoms with Crippen molar-refractivity contribution in [3.05, 3.63) is 52.6 Å². The van der Waals surface area contributed by atoms with E-state index in [9.17, 15) is 4.79 Å². The first kappa shape index (κ1) is 13.8. The zero-order valence-electron chi connectivity index (χ0n) is 12.1. The summed E-state index contributed by atoms with van der Waals surface area (Å²) in [5.74, 6) is 0. The van der Waals surface area contributed by atoms with Gasteiger partial charge in [0.05, 0.1) is 0 Å². The maximum absolute atomic E-state index is 11.0. The minimum Gasteiger partial charge on any atom is -0.298 e. The van der Waals surface area contributed by atoms with Crippen molar-refractivity contribution in [2.45, 2.75) is 40.0 Å². The minimum absolute atomic E-state index is 0.245. The van der Waals surface area contributed by atoms with Gasteiger partial charge in [-0.3, -0.25) is 4.79 Å². The van der Waals surface area contributed by atoms with Crippen LogP contribution in [0.25, 0.3) is 6.08 Å². The average molecular weight is 254 g/mol. The van der Waals surface area contributed by atoms with Crippen molar-refractivity contribution in [3.8, 4) is 0 Å². The lowest BCUT2D eigenvalue weighted by molar-refractivity contribution is 0.112. The van der Waals surface area contributed by atoms with Gasteiger partial charge in [0.25, 0.3) is 0 Å². The molecule has 0 N–H and O–H groups in total.